The minimum absolute atomic E-state index is 0.0202. The van der Waals surface area contributed by atoms with Crippen molar-refractivity contribution < 1.29 is 29.0 Å². The largest absolute Gasteiger partial charge is 0.493 e. The molecule has 1 fully saturated rings. The Morgan fingerprint density at radius 1 is 1.19 bits per heavy atom. The van der Waals surface area contributed by atoms with E-state index in [1.165, 1.54) is 0 Å². The number of aliphatic carboxylic acids is 1. The first-order chi connectivity index (χ1) is 13.1. The van der Waals surface area contributed by atoms with Crippen molar-refractivity contribution in [2.24, 2.45) is 5.92 Å². The maximum atomic E-state index is 12.4. The molecular weight excluding hydrogens is 352 g/mol. The summed E-state index contributed by atoms with van der Waals surface area (Å²) >= 11 is 0. The summed E-state index contributed by atoms with van der Waals surface area (Å²) in [5.74, 6) is -0.720. The van der Waals surface area contributed by atoms with E-state index < -0.39 is 5.97 Å². The number of nitrogens with one attached hydrogen (secondary N) is 1. The van der Waals surface area contributed by atoms with E-state index in [9.17, 15) is 14.4 Å². The van der Waals surface area contributed by atoms with Crippen LogP contribution in [0.3, 0.4) is 0 Å². The number of para-hydroxylation sites is 1. The number of ether oxygens (including phenoxy) is 2. The summed E-state index contributed by atoms with van der Waals surface area (Å²) in [6.45, 7) is 1.36. The Morgan fingerprint density at radius 2 is 1.96 bits per heavy atom. The standard InChI is InChI=1S/C19H26N2O6/c22-17(8-11-27-16-6-2-1-3-7-16)21-10-4-5-15(13-21)19(25)20-9-12-26-14-18(23)24/h1-3,6-7,15H,4-5,8-14H2,(H,20,25)(H,23,24). The van der Waals surface area contributed by atoms with Crippen molar-refractivity contribution in [2.45, 2.75) is 19.3 Å². The molecule has 1 unspecified atom stereocenters. The molecule has 0 bridgehead atoms. The van der Waals surface area contributed by atoms with Crippen LogP contribution >= 0.6 is 0 Å². The Bertz CT molecular complexity index is 622. The number of likely N-dealkylation sites (tertiary alicyclic amines) is 1. The molecule has 0 saturated carbocycles. The summed E-state index contributed by atoms with van der Waals surface area (Å²) in [5, 5.41) is 11.2. The predicted octanol–water partition coefficient (Wildman–Crippen LogP) is 0.912. The van der Waals surface area contributed by atoms with Crippen molar-refractivity contribution >= 4 is 17.8 Å². The summed E-state index contributed by atoms with van der Waals surface area (Å²) in [4.78, 5) is 36.6. The minimum atomic E-state index is -1.04. The van der Waals surface area contributed by atoms with Crippen LogP contribution in [0.25, 0.3) is 0 Å². The quantitative estimate of drug-likeness (QED) is 0.587. The number of carboxylic acids is 1. The number of hydrogen-bond donors (Lipinski definition) is 2. The van der Waals surface area contributed by atoms with E-state index in [-0.39, 0.29) is 43.9 Å². The number of carbonyl (C=O) groups excluding carboxylic acids is 2. The number of hydrogen-bond acceptors (Lipinski definition) is 5. The summed E-state index contributed by atoms with van der Waals surface area (Å²) in [7, 11) is 0. The van der Waals surface area contributed by atoms with Crippen LogP contribution in [0.1, 0.15) is 19.3 Å². The summed E-state index contributed by atoms with van der Waals surface area (Å²) in [6.07, 6.45) is 1.78. The van der Waals surface area contributed by atoms with Gasteiger partial charge in [-0.05, 0) is 25.0 Å². The Kier molecular flexibility index (Phi) is 8.57. The smallest absolute Gasteiger partial charge is 0.329 e. The third-order valence-electron chi connectivity index (χ3n) is 4.24. The maximum Gasteiger partial charge on any atom is 0.329 e. The minimum Gasteiger partial charge on any atom is -0.493 e. The van der Waals surface area contributed by atoms with Crippen molar-refractivity contribution in [3.8, 4) is 5.75 Å². The van der Waals surface area contributed by atoms with Crippen LogP contribution in [0.5, 0.6) is 5.75 Å². The second-order valence-corrected chi connectivity index (χ2v) is 6.33. The van der Waals surface area contributed by atoms with Crippen LogP contribution in [0, 0.1) is 5.92 Å². The van der Waals surface area contributed by atoms with Crippen molar-refractivity contribution in [3.05, 3.63) is 30.3 Å². The first-order valence-electron chi connectivity index (χ1n) is 9.09. The Hall–Kier alpha value is -2.61. The molecule has 2 N–H and O–H groups in total. The molecule has 1 aromatic carbocycles. The van der Waals surface area contributed by atoms with Crippen LogP contribution < -0.4 is 10.1 Å². The van der Waals surface area contributed by atoms with Crippen molar-refractivity contribution in [1.82, 2.24) is 10.2 Å². The van der Waals surface area contributed by atoms with Gasteiger partial charge in [-0.3, -0.25) is 9.59 Å². The van der Waals surface area contributed by atoms with Crippen LogP contribution in [0.15, 0.2) is 30.3 Å². The lowest BCUT2D eigenvalue weighted by Crippen LogP contribution is -2.46. The number of amides is 2. The molecule has 8 nitrogen and oxygen atoms in total. The van der Waals surface area contributed by atoms with Gasteiger partial charge in [0.15, 0.2) is 0 Å². The van der Waals surface area contributed by atoms with Gasteiger partial charge in [-0.2, -0.15) is 0 Å². The molecule has 2 rings (SSSR count). The van der Waals surface area contributed by atoms with Gasteiger partial charge in [0.2, 0.25) is 11.8 Å². The zero-order valence-electron chi connectivity index (χ0n) is 15.3. The lowest BCUT2D eigenvalue weighted by molar-refractivity contribution is -0.142. The van der Waals surface area contributed by atoms with Crippen LogP contribution in [-0.2, 0) is 19.1 Å². The molecule has 1 heterocycles. The Labute approximate surface area is 158 Å². The SMILES string of the molecule is O=C(O)COCCNC(=O)C1CCCN(C(=O)CCOc2ccccc2)C1. The van der Waals surface area contributed by atoms with E-state index in [1.54, 1.807) is 4.90 Å². The molecule has 27 heavy (non-hydrogen) atoms. The average Bonchev–Trinajstić information content (AvgIpc) is 2.68. The number of carbonyl (C=O) groups is 3. The van der Waals surface area contributed by atoms with Crippen molar-refractivity contribution in [1.29, 1.82) is 0 Å². The molecular formula is C19H26N2O6. The molecule has 0 aromatic heterocycles. The monoisotopic (exact) mass is 378 g/mol. The summed E-state index contributed by atoms with van der Waals surface area (Å²) in [6, 6.07) is 9.32. The molecule has 1 aliphatic heterocycles. The fourth-order valence-electron chi connectivity index (χ4n) is 2.90. The van der Waals surface area contributed by atoms with E-state index in [0.717, 1.165) is 18.6 Å². The van der Waals surface area contributed by atoms with Gasteiger partial charge in [-0.15, -0.1) is 0 Å². The van der Waals surface area contributed by atoms with Gasteiger partial charge in [-0.1, -0.05) is 18.2 Å². The van der Waals surface area contributed by atoms with Gasteiger partial charge in [-0.25, -0.2) is 4.79 Å². The van der Waals surface area contributed by atoms with E-state index in [4.69, 9.17) is 14.6 Å². The zero-order valence-corrected chi connectivity index (χ0v) is 15.3. The number of piperidine rings is 1. The molecule has 1 atom stereocenters. The van der Waals surface area contributed by atoms with E-state index >= 15 is 0 Å². The van der Waals surface area contributed by atoms with Crippen LogP contribution in [0.2, 0.25) is 0 Å². The van der Waals surface area contributed by atoms with Gasteiger partial charge in [0.05, 0.1) is 25.6 Å². The third-order valence-corrected chi connectivity index (χ3v) is 4.24. The van der Waals surface area contributed by atoms with Crippen LogP contribution in [-0.4, -0.2) is 67.2 Å². The number of nitrogens with zero attached hydrogens (tertiary/aromatic N) is 1. The van der Waals surface area contributed by atoms with E-state index in [1.807, 2.05) is 30.3 Å². The number of rotatable bonds is 10. The van der Waals surface area contributed by atoms with Crippen LogP contribution in [0.4, 0.5) is 0 Å². The molecule has 0 aliphatic carbocycles. The zero-order chi connectivity index (χ0) is 19.5. The van der Waals surface area contributed by atoms with E-state index in [2.05, 4.69) is 5.32 Å². The highest BCUT2D eigenvalue weighted by Crippen LogP contribution is 2.17. The van der Waals surface area contributed by atoms with Gasteiger partial charge in [0, 0.05) is 19.6 Å². The molecule has 1 saturated heterocycles. The third kappa shape index (κ3) is 7.65. The molecule has 148 valence electrons. The second-order valence-electron chi connectivity index (χ2n) is 6.33. The fourth-order valence-corrected chi connectivity index (χ4v) is 2.90. The first-order valence-corrected chi connectivity index (χ1v) is 9.09. The number of carboxylic acid groups (broad SMARTS) is 1. The normalized spacial score (nSPS) is 16.6. The first kappa shape index (κ1) is 20.7. The van der Waals surface area contributed by atoms with Gasteiger partial charge in [0.1, 0.15) is 12.4 Å². The average molecular weight is 378 g/mol. The van der Waals surface area contributed by atoms with Crippen molar-refractivity contribution in [3.63, 3.8) is 0 Å². The highest BCUT2D eigenvalue weighted by atomic mass is 16.5. The Balaban J connectivity index is 1.67. The molecule has 1 aliphatic rings. The molecule has 0 spiro atoms. The Morgan fingerprint density at radius 3 is 2.70 bits per heavy atom. The van der Waals surface area contributed by atoms with Gasteiger partial charge in [0.25, 0.3) is 0 Å². The van der Waals surface area contributed by atoms with Gasteiger partial charge < -0.3 is 24.8 Å². The molecule has 1 aromatic rings. The predicted molar refractivity (Wildman–Crippen MR) is 97.3 cm³/mol. The highest BCUT2D eigenvalue weighted by Gasteiger charge is 2.28. The van der Waals surface area contributed by atoms with Crippen molar-refractivity contribution in [2.75, 3.05) is 39.5 Å². The summed E-state index contributed by atoms with van der Waals surface area (Å²) < 4.78 is 10.4. The summed E-state index contributed by atoms with van der Waals surface area (Å²) in [5.41, 5.74) is 0. The second kappa shape index (κ2) is 11.2. The fraction of sp³-hybridized carbons (Fsp3) is 0.526. The molecule has 2 amide bonds. The van der Waals surface area contributed by atoms with E-state index in [0.29, 0.717) is 19.7 Å². The molecule has 0 radical (unpaired) electrons. The van der Waals surface area contributed by atoms with Gasteiger partial charge >= 0.3 is 5.97 Å². The highest BCUT2D eigenvalue weighted by molar-refractivity contribution is 5.81. The topological polar surface area (TPSA) is 105 Å². The number of benzene rings is 1. The molecule has 8 heteroatoms. The maximum absolute atomic E-state index is 12.4. The lowest BCUT2D eigenvalue weighted by Gasteiger charge is -2.32. The lowest BCUT2D eigenvalue weighted by atomic mass is 9.97.